The Labute approximate surface area is 105 Å². The van der Waals surface area contributed by atoms with Crippen molar-refractivity contribution in [3.05, 3.63) is 35.9 Å². The Morgan fingerprint density at radius 2 is 1.69 bits per heavy atom. The maximum Gasteiger partial charge on any atom is 2.00 e. The molecule has 0 aromatic heterocycles. The molecule has 0 spiro atoms. The number of halogens is 1. The summed E-state index contributed by atoms with van der Waals surface area (Å²) < 4.78 is 0. The first-order chi connectivity index (χ1) is 5.38. The van der Waals surface area contributed by atoms with Crippen LogP contribution in [0.5, 0.6) is 0 Å². The van der Waals surface area contributed by atoms with Crippen LogP contribution >= 0.6 is 0 Å². The molecule has 13 heavy (non-hydrogen) atoms. The first-order valence-corrected chi connectivity index (χ1v) is 4.08. The fraction of sp³-hybridized carbons (Fsp3) is 0.400. The summed E-state index contributed by atoms with van der Waals surface area (Å²) in [6, 6.07) is 9.67. The zero-order chi connectivity index (χ0) is 7.68. The van der Waals surface area contributed by atoms with E-state index >= 15 is 0 Å². The van der Waals surface area contributed by atoms with Gasteiger partial charge in [0.15, 0.2) is 0 Å². The van der Waals surface area contributed by atoms with Crippen LogP contribution in [-0.4, -0.2) is 23.1 Å². The standard InChI is InChI=1S/C10H11O.BrH.Mg/c11-10(9-6-7-9)8-4-2-1-3-5-8;;/h1-5,9-10H,6-7H2;1H;/q-1;;+2/p-1. The second kappa shape index (κ2) is 6.01. The molecule has 0 radical (unpaired) electrons. The normalized spacial score (nSPS) is 16.7. The van der Waals surface area contributed by atoms with Gasteiger partial charge in [-0.1, -0.05) is 54.8 Å². The zero-order valence-electron chi connectivity index (χ0n) is 7.45. The van der Waals surface area contributed by atoms with E-state index in [1.165, 1.54) is 0 Å². The largest absolute Gasteiger partial charge is 2.00 e. The van der Waals surface area contributed by atoms with E-state index in [0.717, 1.165) is 18.4 Å². The smallest absolute Gasteiger partial charge is 1.00 e. The molecule has 1 atom stereocenters. The van der Waals surface area contributed by atoms with Gasteiger partial charge in [-0.05, 0) is 5.92 Å². The maximum atomic E-state index is 11.5. The van der Waals surface area contributed by atoms with Crippen molar-refractivity contribution in [3.8, 4) is 0 Å². The van der Waals surface area contributed by atoms with Crippen LogP contribution in [0.15, 0.2) is 30.3 Å². The van der Waals surface area contributed by atoms with E-state index in [2.05, 4.69) is 0 Å². The predicted molar refractivity (Wildman–Crippen MR) is 47.7 cm³/mol. The van der Waals surface area contributed by atoms with Crippen molar-refractivity contribution in [3.63, 3.8) is 0 Å². The van der Waals surface area contributed by atoms with Crippen molar-refractivity contribution in [2.45, 2.75) is 18.9 Å². The molecule has 1 aliphatic rings. The second-order valence-electron chi connectivity index (χ2n) is 3.17. The van der Waals surface area contributed by atoms with Crippen LogP contribution in [0.25, 0.3) is 0 Å². The summed E-state index contributed by atoms with van der Waals surface area (Å²) in [5.41, 5.74) is 0.954. The molecule has 1 saturated carbocycles. The van der Waals surface area contributed by atoms with Gasteiger partial charge in [-0.15, -0.1) is 0 Å². The molecule has 0 aliphatic heterocycles. The van der Waals surface area contributed by atoms with Crippen LogP contribution in [-0.2, 0) is 0 Å². The minimum Gasteiger partial charge on any atom is -1.00 e. The van der Waals surface area contributed by atoms with Gasteiger partial charge >= 0.3 is 23.1 Å². The Morgan fingerprint density at radius 1 is 1.15 bits per heavy atom. The molecule has 0 amide bonds. The van der Waals surface area contributed by atoms with Gasteiger partial charge in [0.05, 0.1) is 0 Å². The van der Waals surface area contributed by atoms with Crippen molar-refractivity contribution in [2.24, 2.45) is 5.92 Å². The van der Waals surface area contributed by atoms with E-state index in [4.69, 9.17) is 0 Å². The summed E-state index contributed by atoms with van der Waals surface area (Å²) in [7, 11) is 0. The Kier molecular flexibility index (Phi) is 6.21. The first-order valence-electron chi connectivity index (χ1n) is 4.08. The van der Waals surface area contributed by atoms with Crippen molar-refractivity contribution >= 4 is 23.1 Å². The van der Waals surface area contributed by atoms with Gasteiger partial charge in [0.2, 0.25) is 0 Å². The Balaban J connectivity index is 0.000000720. The summed E-state index contributed by atoms with van der Waals surface area (Å²) >= 11 is 0. The molecule has 0 heterocycles. The molecule has 66 valence electrons. The van der Waals surface area contributed by atoms with Crippen LogP contribution < -0.4 is 22.1 Å². The predicted octanol–water partition coefficient (Wildman–Crippen LogP) is -1.88. The SMILES string of the molecule is [Br-].[Mg+2].[O-]C(c1ccccc1)C1CC1. The third-order valence-electron chi connectivity index (χ3n) is 2.18. The first kappa shape index (κ1) is 13.4. The quantitative estimate of drug-likeness (QED) is 0.564. The number of hydrogen-bond donors (Lipinski definition) is 0. The number of benzene rings is 1. The van der Waals surface area contributed by atoms with E-state index in [0.29, 0.717) is 5.92 Å². The fourth-order valence-corrected chi connectivity index (χ4v) is 1.31. The molecule has 0 bridgehead atoms. The molecule has 0 saturated heterocycles. The molecule has 0 N–H and O–H groups in total. The van der Waals surface area contributed by atoms with Crippen LogP contribution in [0.2, 0.25) is 0 Å². The number of hydrogen-bond acceptors (Lipinski definition) is 1. The van der Waals surface area contributed by atoms with Crippen molar-refractivity contribution in [2.75, 3.05) is 0 Å². The van der Waals surface area contributed by atoms with E-state index < -0.39 is 6.10 Å². The topological polar surface area (TPSA) is 23.1 Å². The minimum atomic E-state index is -0.462. The summed E-state index contributed by atoms with van der Waals surface area (Å²) in [6.07, 6.45) is 1.79. The molecule has 1 aromatic rings. The van der Waals surface area contributed by atoms with Gasteiger partial charge in [-0.3, -0.25) is 0 Å². The van der Waals surface area contributed by atoms with E-state index in [1.54, 1.807) is 0 Å². The van der Waals surface area contributed by atoms with Crippen LogP contribution in [0, 0.1) is 5.92 Å². The monoisotopic (exact) mass is 250 g/mol. The van der Waals surface area contributed by atoms with Gasteiger partial charge in [-0.25, -0.2) is 0 Å². The third-order valence-corrected chi connectivity index (χ3v) is 2.18. The van der Waals surface area contributed by atoms with Crippen molar-refractivity contribution in [1.29, 1.82) is 0 Å². The van der Waals surface area contributed by atoms with Crippen LogP contribution in [0.3, 0.4) is 0 Å². The van der Waals surface area contributed by atoms with Crippen molar-refractivity contribution < 1.29 is 22.1 Å². The molecular weight excluding hydrogens is 240 g/mol. The summed E-state index contributed by atoms with van der Waals surface area (Å²) in [4.78, 5) is 0. The van der Waals surface area contributed by atoms with Crippen molar-refractivity contribution in [1.82, 2.24) is 0 Å². The summed E-state index contributed by atoms with van der Waals surface area (Å²) in [5.74, 6) is 0.428. The third kappa shape index (κ3) is 3.58. The van der Waals surface area contributed by atoms with E-state index in [9.17, 15) is 5.11 Å². The van der Waals surface area contributed by atoms with Crippen LogP contribution in [0.1, 0.15) is 24.5 Å². The molecule has 1 nitrogen and oxygen atoms in total. The summed E-state index contributed by atoms with van der Waals surface area (Å²) in [5, 5.41) is 11.5. The molecular formula is C10H11BrMgO. The molecule has 3 heteroatoms. The second-order valence-corrected chi connectivity index (χ2v) is 3.17. The van der Waals surface area contributed by atoms with Gasteiger partial charge in [-0.2, -0.15) is 0 Å². The average molecular weight is 251 g/mol. The minimum absolute atomic E-state index is 0. The van der Waals surface area contributed by atoms with Gasteiger partial charge in [0.1, 0.15) is 0 Å². The van der Waals surface area contributed by atoms with Crippen LogP contribution in [0.4, 0.5) is 0 Å². The Hall–Kier alpha value is 0.426. The maximum absolute atomic E-state index is 11.5. The van der Waals surface area contributed by atoms with Gasteiger partial charge < -0.3 is 22.1 Å². The Bertz CT molecular complexity index is 236. The zero-order valence-corrected chi connectivity index (χ0v) is 10.4. The molecule has 1 aliphatic carbocycles. The van der Waals surface area contributed by atoms with Gasteiger partial charge in [0, 0.05) is 0 Å². The summed E-state index contributed by atoms with van der Waals surface area (Å²) in [6.45, 7) is 0. The average Bonchev–Trinajstić information content (AvgIpc) is 2.87. The Morgan fingerprint density at radius 3 is 2.15 bits per heavy atom. The van der Waals surface area contributed by atoms with E-state index in [1.807, 2.05) is 30.3 Å². The molecule has 2 rings (SSSR count). The number of rotatable bonds is 2. The van der Waals surface area contributed by atoms with Gasteiger partial charge in [0.25, 0.3) is 0 Å². The molecule has 1 aromatic carbocycles. The molecule has 1 fully saturated rings. The fourth-order valence-electron chi connectivity index (χ4n) is 1.31. The van der Waals surface area contributed by atoms with E-state index in [-0.39, 0.29) is 40.0 Å². The molecule has 1 unspecified atom stereocenters.